The maximum absolute atomic E-state index is 12.1. The van der Waals surface area contributed by atoms with Gasteiger partial charge in [0.05, 0.1) is 51.5 Å². The van der Waals surface area contributed by atoms with Crippen molar-refractivity contribution in [3.8, 4) is 23.0 Å². The Bertz CT molecular complexity index is 1310. The highest BCUT2D eigenvalue weighted by atomic mass is 16.5. The Morgan fingerprint density at radius 3 is 1.15 bits per heavy atom. The van der Waals surface area contributed by atoms with Crippen LogP contribution >= 0.6 is 0 Å². The summed E-state index contributed by atoms with van der Waals surface area (Å²) < 4.78 is 22.0. The summed E-state index contributed by atoms with van der Waals surface area (Å²) >= 11 is 0. The Balaban J connectivity index is 0.000000181. The van der Waals surface area contributed by atoms with Crippen LogP contribution in [-0.2, 0) is 22.4 Å². The van der Waals surface area contributed by atoms with E-state index in [4.69, 9.17) is 18.9 Å². The molecule has 0 bridgehead atoms. The van der Waals surface area contributed by atoms with E-state index in [1.165, 1.54) is 12.8 Å². The molecule has 4 atom stereocenters. The third-order valence-electron chi connectivity index (χ3n) is 12.5. The number of aliphatic hydroxyl groups is 2. The van der Waals surface area contributed by atoms with Gasteiger partial charge in [0.1, 0.15) is 35.6 Å². The summed E-state index contributed by atoms with van der Waals surface area (Å²) in [6.45, 7) is 3.83. The van der Waals surface area contributed by atoms with Crippen LogP contribution in [0.5, 0.6) is 23.0 Å². The van der Waals surface area contributed by atoms with Gasteiger partial charge >= 0.3 is 0 Å². The lowest BCUT2D eigenvalue weighted by Gasteiger charge is -2.54. The molecule has 0 heterocycles. The fourth-order valence-electron chi connectivity index (χ4n) is 9.45. The average molecular weight is 637 g/mol. The van der Waals surface area contributed by atoms with Crippen molar-refractivity contribution in [2.75, 3.05) is 28.4 Å². The first kappa shape index (κ1) is 34.2. The second-order valence-electron chi connectivity index (χ2n) is 14.4. The van der Waals surface area contributed by atoms with E-state index in [0.29, 0.717) is 11.5 Å². The van der Waals surface area contributed by atoms with E-state index in [2.05, 4.69) is 0 Å². The molecule has 0 amide bonds. The fraction of sp³-hybridized carbons (Fsp3) is 0.632. The van der Waals surface area contributed by atoms with Gasteiger partial charge in [0.25, 0.3) is 0 Å². The highest BCUT2D eigenvalue weighted by Gasteiger charge is 2.58. The van der Waals surface area contributed by atoms with Gasteiger partial charge in [-0.1, -0.05) is 38.5 Å². The zero-order chi connectivity index (χ0) is 33.3. The van der Waals surface area contributed by atoms with Crippen LogP contribution in [-0.4, -0.2) is 51.2 Å². The largest absolute Gasteiger partial charge is 0.496 e. The number of hydrogen-bond donors (Lipinski definition) is 2. The van der Waals surface area contributed by atoms with E-state index in [1.807, 2.05) is 38.1 Å². The second kappa shape index (κ2) is 13.2. The van der Waals surface area contributed by atoms with Crippen LogP contribution in [0.3, 0.4) is 0 Å². The Morgan fingerprint density at radius 2 is 0.870 bits per heavy atom. The number of carbonyl (C=O) groups excluding carboxylic acids is 2. The molecule has 0 radical (unpaired) electrons. The third kappa shape index (κ3) is 5.11. The van der Waals surface area contributed by atoms with Crippen molar-refractivity contribution in [3.05, 3.63) is 46.5 Å². The van der Waals surface area contributed by atoms with Gasteiger partial charge in [-0.2, -0.15) is 0 Å². The van der Waals surface area contributed by atoms with Gasteiger partial charge in [0.2, 0.25) is 0 Å². The van der Waals surface area contributed by atoms with Gasteiger partial charge in [-0.05, 0) is 87.5 Å². The standard InChI is InChI=1S/2C19H26O4/c2*1-18(12-20)17(21)16-13(11-19(18)9-5-4-6-10-19)14(22-2)7-8-15(16)23-3/h2*7-8,12,17,21H,4-6,9-11H2,1-3H3/t2*17-,18-/m00/s1. The minimum absolute atomic E-state index is 0.195. The molecule has 4 aliphatic carbocycles. The van der Waals surface area contributed by atoms with Crippen molar-refractivity contribution in [1.82, 2.24) is 0 Å². The van der Waals surface area contributed by atoms with E-state index in [0.717, 1.165) is 111 Å². The summed E-state index contributed by atoms with van der Waals surface area (Å²) in [5, 5.41) is 22.3. The van der Waals surface area contributed by atoms with Crippen LogP contribution in [0.15, 0.2) is 24.3 Å². The lowest BCUT2D eigenvalue weighted by atomic mass is 9.50. The second-order valence-corrected chi connectivity index (χ2v) is 14.4. The molecule has 2 spiro atoms. The van der Waals surface area contributed by atoms with Gasteiger partial charge in [0, 0.05) is 22.3 Å². The quantitative estimate of drug-likeness (QED) is 0.330. The number of rotatable bonds is 6. The molecule has 0 aromatic heterocycles. The zero-order valence-electron chi connectivity index (χ0n) is 28.4. The Labute approximate surface area is 273 Å². The molecule has 8 nitrogen and oxygen atoms in total. The van der Waals surface area contributed by atoms with Gasteiger partial charge in [-0.25, -0.2) is 0 Å². The van der Waals surface area contributed by atoms with E-state index in [9.17, 15) is 19.8 Å². The number of benzene rings is 2. The molecule has 46 heavy (non-hydrogen) atoms. The first-order valence-corrected chi connectivity index (χ1v) is 16.8. The molecular formula is C38H52O8. The summed E-state index contributed by atoms with van der Waals surface area (Å²) in [6, 6.07) is 7.41. The molecule has 2 aromatic rings. The van der Waals surface area contributed by atoms with Crippen LogP contribution in [0.25, 0.3) is 0 Å². The molecule has 2 saturated carbocycles. The molecular weight excluding hydrogens is 584 g/mol. The summed E-state index contributed by atoms with van der Waals surface area (Å²) in [6.07, 6.45) is 12.5. The molecule has 0 unspecified atom stereocenters. The summed E-state index contributed by atoms with van der Waals surface area (Å²) in [4.78, 5) is 24.2. The smallest absolute Gasteiger partial charge is 0.129 e. The first-order valence-electron chi connectivity index (χ1n) is 16.8. The monoisotopic (exact) mass is 636 g/mol. The first-order chi connectivity index (χ1) is 22.1. The molecule has 2 aromatic carbocycles. The fourth-order valence-corrected chi connectivity index (χ4v) is 9.45. The van der Waals surface area contributed by atoms with Crippen molar-refractivity contribution in [2.45, 2.75) is 103 Å². The Hall–Kier alpha value is -3.10. The number of ether oxygens (including phenoxy) is 4. The lowest BCUT2D eigenvalue weighted by molar-refractivity contribution is -0.143. The highest BCUT2D eigenvalue weighted by Crippen LogP contribution is 2.63. The molecule has 6 rings (SSSR count). The number of fused-ring (bicyclic) bond motifs is 2. The highest BCUT2D eigenvalue weighted by molar-refractivity contribution is 5.68. The van der Waals surface area contributed by atoms with Gasteiger partial charge < -0.3 is 38.7 Å². The van der Waals surface area contributed by atoms with Gasteiger partial charge in [-0.3, -0.25) is 0 Å². The SMILES string of the molecule is COc1ccc(OC)c2c1CC1(CCCCC1)[C@@](C)(C=O)[C@H]2O.COc1ccc(OC)c2c1CC1(CCCCC1)[C@@](C)(C=O)[C@H]2O. The normalized spacial score (nSPS) is 29.0. The maximum atomic E-state index is 12.1. The van der Waals surface area contributed by atoms with Crippen molar-refractivity contribution >= 4 is 12.6 Å². The van der Waals surface area contributed by atoms with Crippen LogP contribution in [0.4, 0.5) is 0 Å². The van der Waals surface area contributed by atoms with E-state index in [1.54, 1.807) is 28.4 Å². The van der Waals surface area contributed by atoms with Crippen LogP contribution < -0.4 is 18.9 Å². The van der Waals surface area contributed by atoms with Gasteiger partial charge in [0.15, 0.2) is 0 Å². The molecule has 2 fully saturated rings. The zero-order valence-corrected chi connectivity index (χ0v) is 28.4. The minimum atomic E-state index is -0.869. The van der Waals surface area contributed by atoms with Crippen LogP contribution in [0.2, 0.25) is 0 Å². The Kier molecular flexibility index (Phi) is 9.82. The predicted octanol–water partition coefficient (Wildman–Crippen LogP) is 6.90. The topological polar surface area (TPSA) is 112 Å². The van der Waals surface area contributed by atoms with Crippen molar-refractivity contribution in [2.24, 2.45) is 21.7 Å². The van der Waals surface area contributed by atoms with Gasteiger partial charge in [-0.15, -0.1) is 0 Å². The third-order valence-corrected chi connectivity index (χ3v) is 12.5. The molecule has 0 aliphatic heterocycles. The number of aliphatic hydroxyl groups excluding tert-OH is 2. The van der Waals surface area contributed by atoms with Crippen molar-refractivity contribution in [3.63, 3.8) is 0 Å². The van der Waals surface area contributed by atoms with Crippen molar-refractivity contribution < 1.29 is 38.7 Å². The van der Waals surface area contributed by atoms with E-state index < -0.39 is 23.0 Å². The number of aldehydes is 2. The van der Waals surface area contributed by atoms with Crippen LogP contribution in [0, 0.1) is 21.7 Å². The molecule has 4 aliphatic rings. The molecule has 0 saturated heterocycles. The van der Waals surface area contributed by atoms with Crippen molar-refractivity contribution in [1.29, 1.82) is 0 Å². The lowest BCUT2D eigenvalue weighted by Crippen LogP contribution is -2.51. The average Bonchev–Trinajstić information content (AvgIpc) is 3.09. The summed E-state index contributed by atoms with van der Waals surface area (Å²) in [5.74, 6) is 2.81. The number of carbonyl (C=O) groups is 2. The van der Waals surface area contributed by atoms with Crippen LogP contribution in [0.1, 0.15) is 113 Å². The maximum Gasteiger partial charge on any atom is 0.129 e. The molecule has 8 heteroatoms. The summed E-state index contributed by atoms with van der Waals surface area (Å²) in [5.41, 5.74) is 1.47. The van der Waals surface area contributed by atoms with E-state index >= 15 is 0 Å². The Morgan fingerprint density at radius 1 is 0.565 bits per heavy atom. The summed E-state index contributed by atoms with van der Waals surface area (Å²) in [7, 11) is 6.49. The molecule has 2 N–H and O–H groups in total. The number of hydrogen-bond acceptors (Lipinski definition) is 8. The predicted molar refractivity (Wildman–Crippen MR) is 176 cm³/mol. The minimum Gasteiger partial charge on any atom is -0.496 e. The number of methoxy groups -OCH3 is 4. The van der Waals surface area contributed by atoms with E-state index in [-0.39, 0.29) is 10.8 Å². The molecule has 252 valence electrons.